The van der Waals surface area contributed by atoms with Crippen LogP contribution in [0.4, 0.5) is 0 Å². The first-order chi connectivity index (χ1) is 20.8. The van der Waals surface area contributed by atoms with Crippen LogP contribution in [0.25, 0.3) is 91.6 Å². The second-order valence-corrected chi connectivity index (χ2v) is 12.0. The molecule has 10 aromatic rings. The normalized spacial score (nSPS) is 12.3. The molecule has 0 saturated carbocycles. The van der Waals surface area contributed by atoms with Gasteiger partial charge in [0.15, 0.2) is 0 Å². The summed E-state index contributed by atoms with van der Waals surface area (Å²) in [6.45, 7) is 0. The van der Waals surface area contributed by atoms with Crippen molar-refractivity contribution >= 4 is 85.8 Å². The van der Waals surface area contributed by atoms with Crippen molar-refractivity contribution in [1.82, 2.24) is 14.5 Å². The fourth-order valence-corrected chi connectivity index (χ4v) is 8.15. The highest BCUT2D eigenvalue weighted by Crippen LogP contribution is 2.46. The number of thiophene rings is 1. The minimum atomic E-state index is 0.701. The zero-order valence-electron chi connectivity index (χ0n) is 22.4. The van der Waals surface area contributed by atoms with Crippen LogP contribution in [0, 0.1) is 0 Å². The van der Waals surface area contributed by atoms with Crippen LogP contribution in [-0.4, -0.2) is 14.5 Å². The van der Waals surface area contributed by atoms with Crippen LogP contribution >= 0.6 is 11.3 Å². The molecular weight excluding hydrogens is 531 g/mol. The molecule has 0 spiro atoms. The highest BCUT2D eigenvalue weighted by Gasteiger charge is 2.23. The quantitative estimate of drug-likeness (QED) is 0.200. The Morgan fingerprint density at radius 2 is 1.29 bits per heavy atom. The van der Waals surface area contributed by atoms with Crippen molar-refractivity contribution in [1.29, 1.82) is 0 Å². The van der Waals surface area contributed by atoms with Gasteiger partial charge in [0, 0.05) is 37.2 Å². The summed E-state index contributed by atoms with van der Waals surface area (Å²) in [4.78, 5) is 10.8. The molecule has 0 radical (unpaired) electrons. The Labute approximate surface area is 244 Å². The van der Waals surface area contributed by atoms with E-state index in [0.29, 0.717) is 5.95 Å². The Balaban J connectivity index is 1.44. The van der Waals surface area contributed by atoms with Gasteiger partial charge in [0.2, 0.25) is 5.95 Å². The summed E-state index contributed by atoms with van der Waals surface area (Å²) in [5, 5.41) is 11.1. The molecule has 0 saturated heterocycles. The van der Waals surface area contributed by atoms with Crippen molar-refractivity contribution in [3.63, 3.8) is 0 Å². The zero-order chi connectivity index (χ0) is 27.4. The highest BCUT2D eigenvalue weighted by atomic mass is 32.1. The molecule has 7 aromatic carbocycles. The minimum absolute atomic E-state index is 0.701. The maximum atomic E-state index is 5.44. The minimum Gasteiger partial charge on any atom is -0.276 e. The fourth-order valence-electron chi connectivity index (χ4n) is 6.93. The van der Waals surface area contributed by atoms with Gasteiger partial charge in [-0.1, -0.05) is 103 Å². The lowest BCUT2D eigenvalue weighted by Crippen LogP contribution is -2.03. The standard InChI is InChI=1S/C38H21N3S/c1-2-10-24(11-3-1)35-34-26-13-5-4-9-22(26)19-20-29(34)39-38(40-35)41-30-15-8-12-23-17-18-25-21-28-27-14-6-7-16-31(27)42-37(28)36(41)33(25)32(23)30/h1-21H. The molecular formula is C38H21N3S. The lowest BCUT2D eigenvalue weighted by atomic mass is 10.00. The van der Waals surface area contributed by atoms with E-state index >= 15 is 0 Å². The molecule has 3 aromatic heterocycles. The Kier molecular flexibility index (Phi) is 4.33. The predicted molar refractivity (Wildman–Crippen MR) is 178 cm³/mol. The summed E-state index contributed by atoms with van der Waals surface area (Å²) in [7, 11) is 0. The Bertz CT molecular complexity index is 2680. The molecule has 0 amide bonds. The van der Waals surface area contributed by atoms with Crippen LogP contribution in [0.15, 0.2) is 127 Å². The van der Waals surface area contributed by atoms with Crippen molar-refractivity contribution in [2.45, 2.75) is 0 Å². The van der Waals surface area contributed by atoms with E-state index in [-0.39, 0.29) is 0 Å². The van der Waals surface area contributed by atoms with Crippen molar-refractivity contribution in [2.24, 2.45) is 0 Å². The highest BCUT2D eigenvalue weighted by molar-refractivity contribution is 7.26. The van der Waals surface area contributed by atoms with Gasteiger partial charge in [-0.2, -0.15) is 0 Å². The van der Waals surface area contributed by atoms with Gasteiger partial charge >= 0.3 is 0 Å². The van der Waals surface area contributed by atoms with E-state index in [1.807, 2.05) is 11.3 Å². The molecule has 3 heterocycles. The lowest BCUT2D eigenvalue weighted by molar-refractivity contribution is 1.02. The number of hydrogen-bond donors (Lipinski definition) is 0. The smallest absolute Gasteiger partial charge is 0.235 e. The molecule has 0 aliphatic rings. The van der Waals surface area contributed by atoms with Gasteiger partial charge in [-0.3, -0.25) is 4.57 Å². The van der Waals surface area contributed by atoms with Gasteiger partial charge < -0.3 is 0 Å². The third kappa shape index (κ3) is 2.89. The molecule has 0 aliphatic carbocycles. The third-order valence-corrected chi connectivity index (χ3v) is 9.92. The van der Waals surface area contributed by atoms with Crippen LogP contribution in [0.1, 0.15) is 0 Å². The SMILES string of the molecule is c1ccc(-c2nc(-n3c4cccc5ccc6cc7c8ccccc8sc7c3c6c54)nc3ccc4ccccc4c23)cc1. The number of hydrogen-bond acceptors (Lipinski definition) is 3. The van der Waals surface area contributed by atoms with Gasteiger partial charge in [0.05, 0.1) is 26.9 Å². The summed E-state index contributed by atoms with van der Waals surface area (Å²) >= 11 is 1.86. The molecule has 0 fully saturated rings. The second kappa shape index (κ2) is 8.12. The Morgan fingerprint density at radius 1 is 0.524 bits per heavy atom. The predicted octanol–water partition coefficient (Wildman–Crippen LogP) is 10.5. The van der Waals surface area contributed by atoms with Crippen LogP contribution in [0.3, 0.4) is 0 Å². The van der Waals surface area contributed by atoms with Gasteiger partial charge in [-0.15, -0.1) is 11.3 Å². The first-order valence-corrected chi connectivity index (χ1v) is 15.0. The number of nitrogens with zero attached hydrogens (tertiary/aromatic N) is 3. The third-order valence-electron chi connectivity index (χ3n) is 8.73. The van der Waals surface area contributed by atoms with Crippen molar-refractivity contribution in [3.8, 4) is 17.2 Å². The molecule has 42 heavy (non-hydrogen) atoms. The van der Waals surface area contributed by atoms with E-state index in [0.717, 1.165) is 27.7 Å². The molecule has 10 rings (SSSR count). The number of aromatic nitrogens is 3. The average Bonchev–Trinajstić information content (AvgIpc) is 3.60. The number of rotatable bonds is 2. The summed E-state index contributed by atoms with van der Waals surface area (Å²) in [5.41, 5.74) is 5.31. The molecule has 0 bridgehead atoms. The van der Waals surface area contributed by atoms with E-state index in [1.165, 1.54) is 58.0 Å². The first-order valence-electron chi connectivity index (χ1n) is 14.2. The number of benzene rings is 7. The molecule has 4 heteroatoms. The lowest BCUT2D eigenvalue weighted by Gasteiger charge is -2.13. The summed E-state index contributed by atoms with van der Waals surface area (Å²) in [5.74, 6) is 0.701. The Morgan fingerprint density at radius 3 is 2.21 bits per heavy atom. The van der Waals surface area contributed by atoms with Crippen molar-refractivity contribution in [3.05, 3.63) is 127 Å². The number of fused-ring (bicyclic) bond motifs is 7. The summed E-state index contributed by atoms with van der Waals surface area (Å²) in [6.07, 6.45) is 0. The average molecular weight is 552 g/mol. The van der Waals surface area contributed by atoms with Crippen LogP contribution in [0.5, 0.6) is 0 Å². The molecule has 0 unspecified atom stereocenters. The molecule has 0 N–H and O–H groups in total. The van der Waals surface area contributed by atoms with Crippen LogP contribution in [0.2, 0.25) is 0 Å². The van der Waals surface area contributed by atoms with Gasteiger partial charge in [0.25, 0.3) is 0 Å². The molecule has 0 atom stereocenters. The van der Waals surface area contributed by atoms with Crippen LogP contribution in [-0.2, 0) is 0 Å². The van der Waals surface area contributed by atoms with E-state index < -0.39 is 0 Å². The van der Waals surface area contributed by atoms with Crippen molar-refractivity contribution < 1.29 is 0 Å². The fraction of sp³-hybridized carbons (Fsp3) is 0. The summed E-state index contributed by atoms with van der Waals surface area (Å²) in [6, 6.07) is 45.6. The van der Waals surface area contributed by atoms with Gasteiger partial charge in [-0.25, -0.2) is 9.97 Å². The topological polar surface area (TPSA) is 30.7 Å². The second-order valence-electron chi connectivity index (χ2n) is 11.0. The maximum absolute atomic E-state index is 5.44. The van der Waals surface area contributed by atoms with E-state index in [9.17, 15) is 0 Å². The van der Waals surface area contributed by atoms with E-state index in [4.69, 9.17) is 9.97 Å². The van der Waals surface area contributed by atoms with Gasteiger partial charge in [0.1, 0.15) is 0 Å². The molecule has 194 valence electrons. The largest absolute Gasteiger partial charge is 0.276 e. The van der Waals surface area contributed by atoms with Crippen LogP contribution < -0.4 is 0 Å². The van der Waals surface area contributed by atoms with Gasteiger partial charge in [-0.05, 0) is 45.8 Å². The van der Waals surface area contributed by atoms with Crippen molar-refractivity contribution in [2.75, 3.05) is 0 Å². The zero-order valence-corrected chi connectivity index (χ0v) is 23.2. The van der Waals surface area contributed by atoms with E-state index in [2.05, 4.69) is 132 Å². The Hall–Kier alpha value is -5.32. The monoisotopic (exact) mass is 551 g/mol. The molecule has 3 nitrogen and oxygen atoms in total. The maximum Gasteiger partial charge on any atom is 0.235 e. The summed E-state index contributed by atoms with van der Waals surface area (Å²) < 4.78 is 4.89. The molecule has 0 aliphatic heterocycles. The van der Waals surface area contributed by atoms with E-state index in [1.54, 1.807) is 0 Å². The first kappa shape index (κ1) is 22.4.